The van der Waals surface area contributed by atoms with E-state index in [1.165, 1.54) is 0 Å². The van der Waals surface area contributed by atoms with Gasteiger partial charge in [0.05, 0.1) is 6.54 Å². The molecular weight excluding hydrogens is 194 g/mol. The Balaban J connectivity index is 2.76. The van der Waals surface area contributed by atoms with Gasteiger partial charge in [0.15, 0.2) is 0 Å². The highest BCUT2D eigenvalue weighted by Gasteiger charge is 2.42. The number of likely N-dealkylation sites (tertiary alicyclic amines) is 1. The lowest BCUT2D eigenvalue weighted by atomic mass is 10.0. The molecule has 2 atom stereocenters. The molecule has 5 nitrogen and oxygen atoms in total. The van der Waals surface area contributed by atoms with Crippen LogP contribution in [-0.4, -0.2) is 54.8 Å². The van der Waals surface area contributed by atoms with Crippen molar-refractivity contribution in [3.8, 4) is 0 Å². The summed E-state index contributed by atoms with van der Waals surface area (Å²) in [6, 6.07) is 0. The maximum absolute atomic E-state index is 10.1. The van der Waals surface area contributed by atoms with Crippen molar-refractivity contribution in [3.63, 3.8) is 0 Å². The van der Waals surface area contributed by atoms with Crippen molar-refractivity contribution < 1.29 is 9.84 Å². The third kappa shape index (κ3) is 2.49. The Morgan fingerprint density at radius 3 is 2.87 bits per heavy atom. The summed E-state index contributed by atoms with van der Waals surface area (Å²) in [5, 5.41) is 14.1. The number of nitrogens with zero attached hydrogens (tertiary/aromatic N) is 2. The number of hydrazone groups is 1. The smallest absolute Gasteiger partial charge is 0.147 e. The summed E-state index contributed by atoms with van der Waals surface area (Å²) in [6.07, 6.45) is 1.46. The van der Waals surface area contributed by atoms with Crippen LogP contribution in [-0.2, 0) is 4.74 Å². The lowest BCUT2D eigenvalue weighted by Crippen LogP contribution is -2.39. The Morgan fingerprint density at radius 1 is 1.80 bits per heavy atom. The molecule has 0 saturated carbocycles. The second-order valence-electron chi connectivity index (χ2n) is 3.86. The summed E-state index contributed by atoms with van der Waals surface area (Å²) in [6.45, 7) is 6.57. The van der Waals surface area contributed by atoms with Crippen LogP contribution in [0.15, 0.2) is 17.8 Å². The molecule has 0 aromatic rings. The van der Waals surface area contributed by atoms with E-state index in [-0.39, 0.29) is 6.10 Å². The van der Waals surface area contributed by atoms with Gasteiger partial charge in [-0.1, -0.05) is 6.58 Å². The number of methoxy groups -OCH3 is 1. The Labute approximate surface area is 90.4 Å². The van der Waals surface area contributed by atoms with Gasteiger partial charge in [0.2, 0.25) is 0 Å². The fourth-order valence-electron chi connectivity index (χ4n) is 1.81. The predicted molar refractivity (Wildman–Crippen MR) is 59.7 cm³/mol. The van der Waals surface area contributed by atoms with Gasteiger partial charge in [0, 0.05) is 20.7 Å². The van der Waals surface area contributed by atoms with Crippen molar-refractivity contribution in [1.82, 2.24) is 10.3 Å². The van der Waals surface area contributed by atoms with Crippen molar-refractivity contribution in [3.05, 3.63) is 12.7 Å². The minimum Gasteiger partial charge on any atom is -0.386 e. The maximum atomic E-state index is 10.1. The first-order valence-electron chi connectivity index (χ1n) is 4.92. The molecule has 1 aliphatic heterocycles. The molecule has 2 N–H and O–H groups in total. The number of hydrogen-bond acceptors (Lipinski definition) is 4. The topological polar surface area (TPSA) is 57.1 Å². The van der Waals surface area contributed by atoms with E-state index < -0.39 is 5.60 Å². The zero-order chi connectivity index (χ0) is 11.5. The third-order valence-electron chi connectivity index (χ3n) is 2.61. The lowest BCUT2D eigenvalue weighted by molar-refractivity contribution is -0.0474. The summed E-state index contributed by atoms with van der Waals surface area (Å²) < 4.78 is 5.23. The molecule has 0 bridgehead atoms. The van der Waals surface area contributed by atoms with E-state index in [2.05, 4.69) is 17.1 Å². The number of rotatable bonds is 3. The quantitative estimate of drug-likeness (QED) is 0.387. The minimum atomic E-state index is -0.841. The summed E-state index contributed by atoms with van der Waals surface area (Å²) in [4.78, 5) is 1.94. The summed E-state index contributed by atoms with van der Waals surface area (Å²) in [5.74, 6) is 0.720. The first kappa shape index (κ1) is 12.0. The third-order valence-corrected chi connectivity index (χ3v) is 2.61. The Hall–Kier alpha value is -1.07. The molecule has 5 heteroatoms. The van der Waals surface area contributed by atoms with Crippen LogP contribution < -0.4 is 5.43 Å². The maximum Gasteiger partial charge on any atom is 0.147 e. The molecule has 0 spiro atoms. The Kier molecular flexibility index (Phi) is 3.71. The van der Waals surface area contributed by atoms with Gasteiger partial charge in [-0.2, -0.15) is 5.10 Å². The van der Waals surface area contributed by atoms with E-state index in [1.807, 2.05) is 4.90 Å². The van der Waals surface area contributed by atoms with Gasteiger partial charge < -0.3 is 20.2 Å². The second kappa shape index (κ2) is 4.63. The molecule has 86 valence electrons. The van der Waals surface area contributed by atoms with Crippen LogP contribution >= 0.6 is 0 Å². The molecule has 1 heterocycles. The van der Waals surface area contributed by atoms with E-state index in [9.17, 15) is 5.11 Å². The standard InChI is InChI=1S/C10H19N3O2/c1-5-9(12-11-3)13-6-8(15-4)10(2,14)7-13/h5,8,11,14H,1,6-7H2,2-4H3/b12-9+/t8-,10+/m0/s1. The van der Waals surface area contributed by atoms with E-state index in [0.29, 0.717) is 13.1 Å². The first-order valence-corrected chi connectivity index (χ1v) is 4.92. The molecule has 1 rings (SSSR count). The lowest BCUT2D eigenvalue weighted by Gasteiger charge is -2.22. The second-order valence-corrected chi connectivity index (χ2v) is 3.86. The van der Waals surface area contributed by atoms with Crippen molar-refractivity contribution in [2.75, 3.05) is 27.2 Å². The summed E-state index contributed by atoms with van der Waals surface area (Å²) in [7, 11) is 3.33. The average molecular weight is 213 g/mol. The predicted octanol–water partition coefficient (Wildman–Crippen LogP) is -0.213. The van der Waals surface area contributed by atoms with Gasteiger partial charge in [-0.15, -0.1) is 0 Å². The number of β-amino-alcohol motifs (C(OH)–C–C–N with tert-alkyl or cyclic N) is 1. The van der Waals surface area contributed by atoms with E-state index in [4.69, 9.17) is 4.74 Å². The SMILES string of the molecule is C=C/C(=N\NC)N1C[C@H](OC)[C@](C)(O)C1. The average Bonchev–Trinajstić information content (AvgIpc) is 2.49. The van der Waals surface area contributed by atoms with Gasteiger partial charge in [0.25, 0.3) is 0 Å². The highest BCUT2D eigenvalue weighted by atomic mass is 16.5. The van der Waals surface area contributed by atoms with Crippen LogP contribution in [0.3, 0.4) is 0 Å². The van der Waals surface area contributed by atoms with Crippen molar-refractivity contribution in [2.45, 2.75) is 18.6 Å². The molecule has 0 aromatic carbocycles. The number of nitrogens with one attached hydrogen (secondary N) is 1. The molecule has 0 radical (unpaired) electrons. The zero-order valence-electron chi connectivity index (χ0n) is 9.53. The van der Waals surface area contributed by atoms with Crippen LogP contribution in [0, 0.1) is 0 Å². The zero-order valence-corrected chi connectivity index (χ0v) is 9.53. The highest BCUT2D eigenvalue weighted by Crippen LogP contribution is 2.23. The minimum absolute atomic E-state index is 0.195. The number of ether oxygens (including phenoxy) is 1. The van der Waals surface area contributed by atoms with Crippen LogP contribution in [0.5, 0.6) is 0 Å². The van der Waals surface area contributed by atoms with E-state index >= 15 is 0 Å². The van der Waals surface area contributed by atoms with E-state index in [1.54, 1.807) is 27.2 Å². The molecule has 1 saturated heterocycles. The van der Waals surface area contributed by atoms with Crippen molar-refractivity contribution >= 4 is 5.84 Å². The van der Waals surface area contributed by atoms with Crippen LogP contribution in [0.4, 0.5) is 0 Å². The van der Waals surface area contributed by atoms with Crippen molar-refractivity contribution in [1.29, 1.82) is 0 Å². The fourth-order valence-corrected chi connectivity index (χ4v) is 1.81. The molecular formula is C10H19N3O2. The monoisotopic (exact) mass is 213 g/mol. The highest BCUT2D eigenvalue weighted by molar-refractivity contribution is 5.92. The first-order chi connectivity index (χ1) is 7.05. The molecule has 0 unspecified atom stereocenters. The van der Waals surface area contributed by atoms with Gasteiger partial charge in [-0.25, -0.2) is 0 Å². The molecule has 15 heavy (non-hydrogen) atoms. The van der Waals surface area contributed by atoms with Gasteiger partial charge >= 0.3 is 0 Å². The number of hydrogen-bond donors (Lipinski definition) is 2. The van der Waals surface area contributed by atoms with Crippen LogP contribution in [0.25, 0.3) is 0 Å². The number of aliphatic hydroxyl groups is 1. The van der Waals surface area contributed by atoms with Gasteiger partial charge in [-0.05, 0) is 13.0 Å². The molecule has 1 fully saturated rings. The Bertz CT molecular complexity index is 263. The van der Waals surface area contributed by atoms with Gasteiger partial charge in [0.1, 0.15) is 17.5 Å². The number of amidine groups is 1. The molecule has 0 amide bonds. The molecule has 1 aliphatic rings. The normalized spacial score (nSPS) is 31.9. The fraction of sp³-hybridized carbons (Fsp3) is 0.700. The van der Waals surface area contributed by atoms with E-state index in [0.717, 1.165) is 5.84 Å². The van der Waals surface area contributed by atoms with Crippen LogP contribution in [0.2, 0.25) is 0 Å². The van der Waals surface area contributed by atoms with Crippen molar-refractivity contribution in [2.24, 2.45) is 5.10 Å². The largest absolute Gasteiger partial charge is 0.386 e. The summed E-state index contributed by atoms with van der Waals surface area (Å²) >= 11 is 0. The molecule has 0 aromatic heterocycles. The van der Waals surface area contributed by atoms with Gasteiger partial charge in [-0.3, -0.25) is 0 Å². The summed E-state index contributed by atoms with van der Waals surface area (Å²) in [5.41, 5.74) is 1.87. The molecule has 0 aliphatic carbocycles. The Morgan fingerprint density at radius 2 is 2.47 bits per heavy atom. The van der Waals surface area contributed by atoms with Crippen LogP contribution in [0.1, 0.15) is 6.92 Å².